The average Bonchev–Trinajstić information content (AvgIpc) is 2.35. The molecule has 1 unspecified atom stereocenters. The number of benzene rings is 1. The van der Waals surface area contributed by atoms with Crippen LogP contribution in [0.2, 0.25) is 0 Å². The van der Waals surface area contributed by atoms with Crippen LogP contribution in [0.15, 0.2) is 18.2 Å². The van der Waals surface area contributed by atoms with Gasteiger partial charge in [-0.15, -0.1) is 11.6 Å². The number of alkyl halides is 1. The van der Waals surface area contributed by atoms with Crippen LogP contribution in [0.4, 0.5) is 5.69 Å². The first-order chi connectivity index (χ1) is 8.40. The van der Waals surface area contributed by atoms with E-state index in [1.54, 1.807) is 33.0 Å². The number of nitrogens with zero attached hydrogens (tertiary/aromatic N) is 2. The van der Waals surface area contributed by atoms with Gasteiger partial charge in [-0.2, -0.15) is 0 Å². The van der Waals surface area contributed by atoms with Crippen molar-refractivity contribution < 1.29 is 9.72 Å². The Bertz CT molecular complexity index is 476. The summed E-state index contributed by atoms with van der Waals surface area (Å²) in [4.78, 5) is 24.1. The van der Waals surface area contributed by atoms with Crippen LogP contribution in [-0.4, -0.2) is 34.7 Å². The van der Waals surface area contributed by atoms with Crippen molar-refractivity contribution in [2.45, 2.75) is 19.9 Å². The third-order valence-electron chi connectivity index (χ3n) is 2.86. The van der Waals surface area contributed by atoms with E-state index in [-0.39, 0.29) is 23.2 Å². The molecule has 18 heavy (non-hydrogen) atoms. The quantitative estimate of drug-likeness (QED) is 0.480. The van der Waals surface area contributed by atoms with E-state index >= 15 is 0 Å². The summed E-state index contributed by atoms with van der Waals surface area (Å²) >= 11 is 5.68. The molecule has 0 aliphatic rings. The Hall–Kier alpha value is -1.62. The largest absolute Gasteiger partial charge is 0.338 e. The van der Waals surface area contributed by atoms with Crippen LogP contribution in [0.25, 0.3) is 0 Å². The van der Waals surface area contributed by atoms with Gasteiger partial charge in [0.25, 0.3) is 11.6 Å². The van der Waals surface area contributed by atoms with Gasteiger partial charge in [-0.25, -0.2) is 0 Å². The number of aryl methyl sites for hydroxylation is 1. The highest BCUT2D eigenvalue weighted by Gasteiger charge is 2.26. The highest BCUT2D eigenvalue weighted by Crippen LogP contribution is 2.24. The summed E-state index contributed by atoms with van der Waals surface area (Å²) in [5, 5.41) is 11.0. The van der Waals surface area contributed by atoms with Gasteiger partial charge < -0.3 is 4.90 Å². The van der Waals surface area contributed by atoms with Crippen LogP contribution in [0.3, 0.4) is 0 Å². The van der Waals surface area contributed by atoms with E-state index in [0.717, 1.165) is 0 Å². The maximum atomic E-state index is 12.2. The summed E-state index contributed by atoms with van der Waals surface area (Å²) in [6, 6.07) is 4.53. The van der Waals surface area contributed by atoms with Crippen molar-refractivity contribution in [2.75, 3.05) is 12.9 Å². The van der Waals surface area contributed by atoms with Crippen molar-refractivity contribution in [1.29, 1.82) is 0 Å². The van der Waals surface area contributed by atoms with Crippen molar-refractivity contribution in [3.8, 4) is 0 Å². The number of carbonyl (C=O) groups is 1. The second-order valence-corrected chi connectivity index (χ2v) is 4.46. The molecule has 0 saturated carbocycles. The molecule has 0 aliphatic carbocycles. The van der Waals surface area contributed by atoms with Crippen molar-refractivity contribution in [1.82, 2.24) is 4.90 Å². The Morgan fingerprint density at radius 2 is 2.17 bits per heavy atom. The third-order valence-corrected chi connectivity index (χ3v) is 3.30. The molecule has 1 atom stereocenters. The van der Waals surface area contributed by atoms with Crippen LogP contribution < -0.4 is 0 Å². The Morgan fingerprint density at radius 1 is 1.56 bits per heavy atom. The van der Waals surface area contributed by atoms with E-state index in [1.807, 2.05) is 0 Å². The fourth-order valence-electron chi connectivity index (χ4n) is 1.57. The summed E-state index contributed by atoms with van der Waals surface area (Å²) < 4.78 is 0. The minimum absolute atomic E-state index is 0.0967. The molecule has 0 saturated heterocycles. The smallest absolute Gasteiger partial charge is 0.285 e. The van der Waals surface area contributed by atoms with E-state index in [0.29, 0.717) is 5.56 Å². The molecule has 98 valence electrons. The Morgan fingerprint density at radius 3 is 2.67 bits per heavy atom. The number of rotatable bonds is 4. The molecule has 0 aliphatic heterocycles. The number of nitro benzene ring substituents is 1. The topological polar surface area (TPSA) is 63.5 Å². The number of nitro groups is 1. The lowest BCUT2D eigenvalue weighted by Gasteiger charge is -2.23. The molecule has 0 N–H and O–H groups in total. The Balaban J connectivity index is 3.21. The van der Waals surface area contributed by atoms with E-state index in [4.69, 9.17) is 11.6 Å². The van der Waals surface area contributed by atoms with Crippen LogP contribution in [-0.2, 0) is 0 Å². The molecule has 0 radical (unpaired) electrons. The van der Waals surface area contributed by atoms with Crippen molar-refractivity contribution >= 4 is 23.2 Å². The van der Waals surface area contributed by atoms with Gasteiger partial charge in [0, 0.05) is 24.5 Å². The molecular formula is C12H15ClN2O3. The van der Waals surface area contributed by atoms with Crippen LogP contribution in [0.5, 0.6) is 0 Å². The van der Waals surface area contributed by atoms with Crippen molar-refractivity contribution in [3.63, 3.8) is 0 Å². The number of hydrogen-bond donors (Lipinski definition) is 0. The number of amides is 1. The van der Waals surface area contributed by atoms with Gasteiger partial charge in [0.15, 0.2) is 0 Å². The second-order valence-electron chi connectivity index (χ2n) is 4.15. The van der Waals surface area contributed by atoms with Gasteiger partial charge >= 0.3 is 0 Å². The minimum Gasteiger partial charge on any atom is -0.338 e. The molecular weight excluding hydrogens is 256 g/mol. The van der Waals surface area contributed by atoms with E-state index in [9.17, 15) is 14.9 Å². The van der Waals surface area contributed by atoms with Gasteiger partial charge in [0.2, 0.25) is 0 Å². The van der Waals surface area contributed by atoms with Crippen LogP contribution in [0, 0.1) is 17.0 Å². The fourth-order valence-corrected chi connectivity index (χ4v) is 1.77. The summed E-state index contributed by atoms with van der Waals surface area (Å²) in [6.45, 7) is 3.40. The van der Waals surface area contributed by atoms with Crippen LogP contribution in [0.1, 0.15) is 22.8 Å². The van der Waals surface area contributed by atoms with Gasteiger partial charge in [-0.3, -0.25) is 14.9 Å². The van der Waals surface area contributed by atoms with E-state index < -0.39 is 10.8 Å². The molecule has 1 aromatic rings. The zero-order valence-corrected chi connectivity index (χ0v) is 11.3. The molecule has 1 amide bonds. The number of hydrogen-bond acceptors (Lipinski definition) is 3. The molecule has 1 rings (SSSR count). The fraction of sp³-hybridized carbons (Fsp3) is 0.417. The highest BCUT2D eigenvalue weighted by atomic mass is 35.5. The molecule has 0 bridgehead atoms. The van der Waals surface area contributed by atoms with Gasteiger partial charge in [0.1, 0.15) is 5.56 Å². The standard InChI is InChI=1S/C12H15ClN2O3/c1-8-5-4-6-10(11(8)15(17)18)12(16)14(3)9(2)7-13/h4-6,9H,7H2,1-3H3. The molecule has 0 spiro atoms. The Labute approximate surface area is 110 Å². The summed E-state index contributed by atoms with van der Waals surface area (Å²) in [7, 11) is 1.58. The average molecular weight is 271 g/mol. The van der Waals surface area contributed by atoms with Gasteiger partial charge in [0.05, 0.1) is 4.92 Å². The van der Waals surface area contributed by atoms with Gasteiger partial charge in [-0.1, -0.05) is 12.1 Å². The summed E-state index contributed by atoms with van der Waals surface area (Å²) in [5.41, 5.74) is 0.424. The van der Waals surface area contributed by atoms with E-state index in [1.165, 1.54) is 11.0 Å². The molecule has 5 nitrogen and oxygen atoms in total. The van der Waals surface area contributed by atoms with Crippen LogP contribution >= 0.6 is 11.6 Å². The number of halogens is 1. The number of para-hydroxylation sites is 1. The predicted molar refractivity (Wildman–Crippen MR) is 70.1 cm³/mol. The van der Waals surface area contributed by atoms with Crippen molar-refractivity contribution in [2.24, 2.45) is 0 Å². The van der Waals surface area contributed by atoms with Crippen molar-refractivity contribution in [3.05, 3.63) is 39.4 Å². The molecule has 0 fully saturated rings. The first kappa shape index (κ1) is 14.4. The molecule has 1 aromatic carbocycles. The summed E-state index contributed by atoms with van der Waals surface area (Å²) in [5.74, 6) is -0.111. The SMILES string of the molecule is Cc1cccc(C(=O)N(C)C(C)CCl)c1[N+](=O)[O-]. The van der Waals surface area contributed by atoms with E-state index in [2.05, 4.69) is 0 Å². The Kier molecular flexibility index (Phi) is 4.67. The van der Waals surface area contributed by atoms with Gasteiger partial charge in [-0.05, 0) is 19.9 Å². The molecule has 0 aromatic heterocycles. The monoisotopic (exact) mass is 270 g/mol. The maximum Gasteiger partial charge on any atom is 0.285 e. The summed E-state index contributed by atoms with van der Waals surface area (Å²) in [6.07, 6.45) is 0. The lowest BCUT2D eigenvalue weighted by Crippen LogP contribution is -2.36. The molecule has 0 heterocycles. The number of carbonyl (C=O) groups excluding carboxylic acids is 1. The maximum absolute atomic E-state index is 12.2. The highest BCUT2D eigenvalue weighted by molar-refractivity contribution is 6.18. The lowest BCUT2D eigenvalue weighted by molar-refractivity contribution is -0.385. The zero-order chi connectivity index (χ0) is 13.9. The predicted octanol–water partition coefficient (Wildman–Crippen LogP) is 2.60. The normalized spacial score (nSPS) is 12.0. The third kappa shape index (κ3) is 2.79. The zero-order valence-electron chi connectivity index (χ0n) is 10.5. The second kappa shape index (κ2) is 5.82. The molecule has 6 heteroatoms. The first-order valence-electron chi connectivity index (χ1n) is 5.47. The minimum atomic E-state index is -0.526. The lowest BCUT2D eigenvalue weighted by atomic mass is 10.1. The first-order valence-corrected chi connectivity index (χ1v) is 6.00.